The van der Waals surface area contributed by atoms with E-state index in [0.29, 0.717) is 27.6 Å². The van der Waals surface area contributed by atoms with Crippen molar-refractivity contribution < 1.29 is 4.74 Å². The number of aromatic nitrogens is 6. The van der Waals surface area contributed by atoms with Crippen LogP contribution >= 0.6 is 0 Å². The number of nitrogens with zero attached hydrogens (tertiary/aromatic N) is 5. The van der Waals surface area contributed by atoms with Gasteiger partial charge in [0, 0.05) is 25.2 Å². The van der Waals surface area contributed by atoms with Crippen molar-refractivity contribution in [3.05, 3.63) is 87.0 Å². The van der Waals surface area contributed by atoms with Crippen LogP contribution in [0.15, 0.2) is 64.4 Å². The van der Waals surface area contributed by atoms with Crippen LogP contribution in [0.2, 0.25) is 0 Å². The second kappa shape index (κ2) is 7.29. The van der Waals surface area contributed by atoms with Crippen LogP contribution < -0.4 is 11.1 Å². The summed E-state index contributed by atoms with van der Waals surface area (Å²) in [5.74, 6) is 0.700. The minimum absolute atomic E-state index is 0.198. The van der Waals surface area contributed by atoms with Crippen LogP contribution in [0.1, 0.15) is 11.4 Å². The van der Waals surface area contributed by atoms with Crippen molar-refractivity contribution in [2.75, 3.05) is 7.11 Å². The molecule has 5 aromatic rings. The molecule has 0 bridgehead atoms. The number of ether oxygens (including phenoxy) is 1. The molecule has 0 fully saturated rings. The molecule has 0 aliphatic heterocycles. The Kier molecular flexibility index (Phi) is 4.45. The highest BCUT2D eigenvalue weighted by Crippen LogP contribution is 2.16. The lowest BCUT2D eigenvalue weighted by atomic mass is 10.1. The number of nitrogens with one attached hydrogen (secondary N) is 1. The molecule has 0 unspecified atom stereocenters. The average molecular weight is 414 g/mol. The van der Waals surface area contributed by atoms with E-state index in [1.54, 1.807) is 42.3 Å². The Labute approximate surface area is 175 Å². The molecule has 0 atom stereocenters. The lowest BCUT2D eigenvalue weighted by Crippen LogP contribution is -2.21. The molecule has 9 heteroatoms. The molecule has 0 saturated carbocycles. The predicted molar refractivity (Wildman–Crippen MR) is 116 cm³/mol. The summed E-state index contributed by atoms with van der Waals surface area (Å²) in [5.41, 5.74) is 2.26. The van der Waals surface area contributed by atoms with Gasteiger partial charge in [0.05, 0.1) is 21.8 Å². The van der Waals surface area contributed by atoms with Gasteiger partial charge in [0.2, 0.25) is 0 Å². The maximum absolute atomic E-state index is 13.2. The molecule has 31 heavy (non-hydrogen) atoms. The Morgan fingerprint density at radius 3 is 2.23 bits per heavy atom. The van der Waals surface area contributed by atoms with Crippen LogP contribution in [0, 0.1) is 6.92 Å². The number of hydrogen-bond acceptors (Lipinski definition) is 6. The number of aromatic amines is 1. The Morgan fingerprint density at radius 1 is 0.903 bits per heavy atom. The topological polar surface area (TPSA) is 108 Å². The molecule has 0 aliphatic rings. The zero-order valence-corrected chi connectivity index (χ0v) is 16.9. The van der Waals surface area contributed by atoms with Gasteiger partial charge >= 0.3 is 0 Å². The van der Waals surface area contributed by atoms with Crippen LogP contribution in [0.25, 0.3) is 33.4 Å². The van der Waals surface area contributed by atoms with E-state index in [1.807, 2.05) is 31.2 Å². The summed E-state index contributed by atoms with van der Waals surface area (Å²) in [6, 6.07) is 12.7. The molecule has 0 aliphatic carbocycles. The number of hydrogen-bond donors (Lipinski definition) is 1. The van der Waals surface area contributed by atoms with Gasteiger partial charge in [-0.05, 0) is 37.3 Å². The van der Waals surface area contributed by atoms with Crippen molar-refractivity contribution in [3.8, 4) is 11.6 Å². The number of H-pyrrole nitrogens is 1. The van der Waals surface area contributed by atoms with Crippen molar-refractivity contribution in [2.45, 2.75) is 13.5 Å². The molecule has 4 aromatic heterocycles. The molecule has 0 radical (unpaired) electrons. The van der Waals surface area contributed by atoms with Crippen molar-refractivity contribution in [2.24, 2.45) is 0 Å². The number of aryl methyl sites for hydroxylation is 1. The molecule has 0 amide bonds. The Morgan fingerprint density at radius 2 is 1.55 bits per heavy atom. The molecule has 5 rings (SSSR count). The predicted octanol–water partition coefficient (Wildman–Crippen LogP) is 2.26. The highest BCUT2D eigenvalue weighted by molar-refractivity contribution is 5.91. The van der Waals surface area contributed by atoms with Crippen LogP contribution in [0.5, 0.6) is 0 Å². The molecule has 154 valence electrons. The van der Waals surface area contributed by atoms with Crippen molar-refractivity contribution in [1.82, 2.24) is 29.3 Å². The number of rotatable bonds is 4. The van der Waals surface area contributed by atoms with E-state index in [-0.39, 0.29) is 23.7 Å². The zero-order chi connectivity index (χ0) is 21.5. The van der Waals surface area contributed by atoms with E-state index in [1.165, 1.54) is 4.57 Å². The monoisotopic (exact) mass is 414 g/mol. The van der Waals surface area contributed by atoms with Gasteiger partial charge in [0.25, 0.3) is 17.1 Å². The first-order chi connectivity index (χ1) is 15.0. The van der Waals surface area contributed by atoms with E-state index < -0.39 is 0 Å². The molecule has 0 spiro atoms. The summed E-state index contributed by atoms with van der Waals surface area (Å²) in [6.45, 7) is 2.24. The fraction of sp³-hybridized carbons (Fsp3) is 0.136. The Bertz CT molecular complexity index is 1550. The second-order valence-electron chi connectivity index (χ2n) is 7.19. The first-order valence-electron chi connectivity index (χ1n) is 9.60. The lowest BCUT2D eigenvalue weighted by molar-refractivity contribution is 0.178. The summed E-state index contributed by atoms with van der Waals surface area (Å²) < 4.78 is 7.88. The Hall–Kier alpha value is -4.11. The normalized spacial score (nSPS) is 11.4. The molecule has 4 heterocycles. The Balaban J connectivity index is 1.70. The summed E-state index contributed by atoms with van der Waals surface area (Å²) in [4.78, 5) is 35.1. The largest absolute Gasteiger partial charge is 0.377 e. The van der Waals surface area contributed by atoms with Gasteiger partial charge in [-0.3, -0.25) is 19.3 Å². The van der Waals surface area contributed by atoms with E-state index in [0.717, 1.165) is 11.3 Å². The van der Waals surface area contributed by atoms with Crippen LogP contribution in [0.4, 0.5) is 0 Å². The van der Waals surface area contributed by atoms with E-state index in [2.05, 4.69) is 20.2 Å². The third-order valence-corrected chi connectivity index (χ3v) is 5.07. The van der Waals surface area contributed by atoms with Gasteiger partial charge in [-0.25, -0.2) is 9.55 Å². The van der Waals surface area contributed by atoms with E-state index in [9.17, 15) is 9.59 Å². The van der Waals surface area contributed by atoms with Gasteiger partial charge in [0.1, 0.15) is 6.61 Å². The quantitative estimate of drug-likeness (QED) is 0.452. The molecule has 1 aromatic carbocycles. The first-order valence-corrected chi connectivity index (χ1v) is 9.60. The zero-order valence-electron chi connectivity index (χ0n) is 16.9. The minimum Gasteiger partial charge on any atom is -0.377 e. The van der Waals surface area contributed by atoms with E-state index in [4.69, 9.17) is 4.74 Å². The molecule has 0 saturated heterocycles. The molecular formula is C22H18N6O3. The number of methoxy groups -OCH3 is 1. The standard InChI is InChI=1S/C22H18N6O3/c1-13-3-5-14(6-4-13)27-9-7-17-15(20(27)29)11-16-18(23-17)8-10-28(21(16)30)22-24-19(12-31-2)25-26-22/h3-11H,12H2,1-2H3,(H,24,25,26). The second-order valence-corrected chi connectivity index (χ2v) is 7.19. The smallest absolute Gasteiger partial charge is 0.267 e. The van der Waals surface area contributed by atoms with Gasteiger partial charge in [-0.1, -0.05) is 17.7 Å². The van der Waals surface area contributed by atoms with Gasteiger partial charge in [-0.2, -0.15) is 4.98 Å². The molecular weight excluding hydrogens is 396 g/mol. The highest BCUT2D eigenvalue weighted by atomic mass is 16.5. The summed E-state index contributed by atoms with van der Waals surface area (Å²) in [5, 5.41) is 7.48. The molecule has 1 N–H and O–H groups in total. The van der Waals surface area contributed by atoms with Crippen LogP contribution in [-0.4, -0.2) is 36.4 Å². The van der Waals surface area contributed by atoms with Gasteiger partial charge < -0.3 is 4.74 Å². The van der Waals surface area contributed by atoms with Crippen molar-refractivity contribution >= 4 is 21.8 Å². The lowest BCUT2D eigenvalue weighted by Gasteiger charge is -2.09. The number of fused-ring (bicyclic) bond motifs is 2. The molecule has 9 nitrogen and oxygen atoms in total. The summed E-state index contributed by atoms with van der Waals surface area (Å²) >= 11 is 0. The third kappa shape index (κ3) is 3.21. The third-order valence-electron chi connectivity index (χ3n) is 5.07. The van der Waals surface area contributed by atoms with Gasteiger partial charge in [-0.15, -0.1) is 5.10 Å². The summed E-state index contributed by atoms with van der Waals surface area (Å²) in [6.07, 6.45) is 3.26. The fourth-order valence-electron chi connectivity index (χ4n) is 3.48. The maximum atomic E-state index is 13.2. The van der Waals surface area contributed by atoms with Crippen LogP contribution in [-0.2, 0) is 11.3 Å². The number of benzene rings is 1. The summed E-state index contributed by atoms with van der Waals surface area (Å²) in [7, 11) is 1.55. The first kappa shape index (κ1) is 18.9. The SMILES string of the molecule is COCc1nc(-n2ccc3nc4ccn(-c5ccc(C)cc5)c(=O)c4cc3c2=O)n[nH]1. The maximum Gasteiger partial charge on any atom is 0.267 e. The van der Waals surface area contributed by atoms with Crippen LogP contribution in [0.3, 0.4) is 0 Å². The van der Waals surface area contributed by atoms with Crippen molar-refractivity contribution in [1.29, 1.82) is 0 Å². The highest BCUT2D eigenvalue weighted by Gasteiger charge is 2.13. The van der Waals surface area contributed by atoms with Crippen molar-refractivity contribution in [3.63, 3.8) is 0 Å². The number of pyridine rings is 3. The minimum atomic E-state index is -0.361. The van der Waals surface area contributed by atoms with E-state index >= 15 is 0 Å². The average Bonchev–Trinajstić information content (AvgIpc) is 3.23. The van der Waals surface area contributed by atoms with Gasteiger partial charge in [0.15, 0.2) is 5.82 Å². The fourth-order valence-corrected chi connectivity index (χ4v) is 3.48.